The Morgan fingerprint density at radius 1 is 0.952 bits per heavy atom. The molecule has 1 saturated heterocycles. The molecular formula is C17H15NO3. The third kappa shape index (κ3) is 2.52. The van der Waals surface area contributed by atoms with Gasteiger partial charge in [-0.3, -0.25) is 10.1 Å². The molecule has 1 N–H and O–H groups in total. The van der Waals surface area contributed by atoms with Crippen molar-refractivity contribution in [2.24, 2.45) is 0 Å². The van der Waals surface area contributed by atoms with E-state index in [-0.39, 0.29) is 12.5 Å². The molecule has 0 aromatic heterocycles. The predicted molar refractivity (Wildman–Crippen MR) is 77.8 cm³/mol. The standard InChI is InChI=1S/C17H15NO3/c19-15-17(12-21-16(20)18-15,14-9-5-2-6-10-14)11-13-7-3-1-4-8-13/h1-10H,11-12H2,(H,18,19,20). The van der Waals surface area contributed by atoms with E-state index < -0.39 is 11.5 Å². The van der Waals surface area contributed by atoms with E-state index in [9.17, 15) is 9.59 Å². The van der Waals surface area contributed by atoms with Gasteiger partial charge in [0.15, 0.2) is 0 Å². The zero-order valence-corrected chi connectivity index (χ0v) is 11.4. The Balaban J connectivity index is 2.03. The number of imide groups is 1. The molecule has 1 aliphatic rings. The number of carbonyl (C=O) groups excluding carboxylic acids is 2. The van der Waals surface area contributed by atoms with Crippen LogP contribution in [-0.2, 0) is 21.4 Å². The third-order valence-corrected chi connectivity index (χ3v) is 3.78. The van der Waals surface area contributed by atoms with Crippen LogP contribution in [0.1, 0.15) is 11.1 Å². The number of benzene rings is 2. The van der Waals surface area contributed by atoms with Crippen LogP contribution in [0.25, 0.3) is 0 Å². The highest BCUT2D eigenvalue weighted by Gasteiger charge is 2.45. The summed E-state index contributed by atoms with van der Waals surface area (Å²) in [5, 5.41) is 2.29. The Morgan fingerprint density at radius 3 is 2.19 bits per heavy atom. The molecule has 2 aromatic carbocycles. The lowest BCUT2D eigenvalue weighted by Crippen LogP contribution is -2.56. The molecule has 2 amide bonds. The average Bonchev–Trinajstić information content (AvgIpc) is 2.52. The molecule has 0 radical (unpaired) electrons. The van der Waals surface area contributed by atoms with Gasteiger partial charge in [-0.05, 0) is 17.5 Å². The average molecular weight is 281 g/mol. The van der Waals surface area contributed by atoms with Gasteiger partial charge in [0, 0.05) is 0 Å². The van der Waals surface area contributed by atoms with Gasteiger partial charge < -0.3 is 4.74 Å². The van der Waals surface area contributed by atoms with Crippen LogP contribution in [0.5, 0.6) is 0 Å². The van der Waals surface area contributed by atoms with Crippen LogP contribution in [0.15, 0.2) is 60.7 Å². The molecule has 1 fully saturated rings. The van der Waals surface area contributed by atoms with Crippen molar-refractivity contribution in [3.05, 3.63) is 71.8 Å². The van der Waals surface area contributed by atoms with Gasteiger partial charge in [0.25, 0.3) is 0 Å². The number of cyclic esters (lactones) is 1. The van der Waals surface area contributed by atoms with Crippen molar-refractivity contribution in [1.82, 2.24) is 5.32 Å². The predicted octanol–water partition coefficient (Wildman–Crippen LogP) is 2.43. The maximum Gasteiger partial charge on any atom is 0.413 e. The van der Waals surface area contributed by atoms with Gasteiger partial charge in [0.1, 0.15) is 12.0 Å². The first-order valence-electron chi connectivity index (χ1n) is 6.78. The summed E-state index contributed by atoms with van der Waals surface area (Å²) < 4.78 is 5.12. The maximum atomic E-state index is 12.5. The van der Waals surface area contributed by atoms with E-state index >= 15 is 0 Å². The minimum atomic E-state index is -0.878. The molecule has 21 heavy (non-hydrogen) atoms. The zero-order chi connectivity index (χ0) is 14.7. The lowest BCUT2D eigenvalue weighted by atomic mass is 9.75. The number of ether oxygens (including phenoxy) is 1. The maximum absolute atomic E-state index is 12.5. The number of rotatable bonds is 3. The highest BCUT2D eigenvalue weighted by Crippen LogP contribution is 2.31. The van der Waals surface area contributed by atoms with Crippen molar-refractivity contribution in [1.29, 1.82) is 0 Å². The van der Waals surface area contributed by atoms with Gasteiger partial charge in [-0.2, -0.15) is 0 Å². The third-order valence-electron chi connectivity index (χ3n) is 3.78. The zero-order valence-electron chi connectivity index (χ0n) is 11.4. The van der Waals surface area contributed by atoms with Crippen LogP contribution < -0.4 is 5.32 Å². The number of nitrogens with one attached hydrogen (secondary N) is 1. The molecule has 0 saturated carbocycles. The molecule has 0 aliphatic carbocycles. The minimum Gasteiger partial charge on any atom is -0.448 e. The number of amides is 2. The first kappa shape index (κ1) is 13.4. The van der Waals surface area contributed by atoms with Crippen LogP contribution in [0.3, 0.4) is 0 Å². The van der Waals surface area contributed by atoms with Crippen molar-refractivity contribution >= 4 is 12.0 Å². The summed E-state index contributed by atoms with van der Waals surface area (Å²) >= 11 is 0. The second-order valence-electron chi connectivity index (χ2n) is 5.14. The number of hydrogen-bond acceptors (Lipinski definition) is 3. The molecule has 3 rings (SSSR count). The van der Waals surface area contributed by atoms with Crippen LogP contribution in [0.2, 0.25) is 0 Å². The van der Waals surface area contributed by atoms with Crippen LogP contribution in [-0.4, -0.2) is 18.6 Å². The number of carbonyl (C=O) groups is 2. The van der Waals surface area contributed by atoms with Crippen molar-refractivity contribution in [2.75, 3.05) is 6.61 Å². The lowest BCUT2D eigenvalue weighted by Gasteiger charge is -2.35. The summed E-state index contributed by atoms with van der Waals surface area (Å²) in [6.45, 7) is 0.0522. The Kier molecular flexibility index (Phi) is 3.44. The van der Waals surface area contributed by atoms with E-state index in [0.717, 1.165) is 11.1 Å². The molecule has 1 heterocycles. The molecule has 106 valence electrons. The first-order valence-corrected chi connectivity index (χ1v) is 6.78. The van der Waals surface area contributed by atoms with Crippen molar-refractivity contribution in [2.45, 2.75) is 11.8 Å². The van der Waals surface area contributed by atoms with E-state index in [1.54, 1.807) is 0 Å². The van der Waals surface area contributed by atoms with Gasteiger partial charge in [-0.1, -0.05) is 60.7 Å². The highest BCUT2D eigenvalue weighted by atomic mass is 16.6. The summed E-state index contributed by atoms with van der Waals surface area (Å²) in [5.74, 6) is -0.311. The SMILES string of the molecule is O=C1NC(=O)C(Cc2ccccc2)(c2ccccc2)CO1. The summed E-state index contributed by atoms with van der Waals surface area (Å²) in [4.78, 5) is 23.8. The second kappa shape index (κ2) is 5.40. The second-order valence-corrected chi connectivity index (χ2v) is 5.14. The normalized spacial score (nSPS) is 21.5. The topological polar surface area (TPSA) is 55.4 Å². The van der Waals surface area contributed by atoms with Crippen molar-refractivity contribution in [3.8, 4) is 0 Å². The summed E-state index contributed by atoms with van der Waals surface area (Å²) in [5.41, 5.74) is 0.990. The van der Waals surface area contributed by atoms with Crippen LogP contribution >= 0.6 is 0 Å². The molecule has 0 spiro atoms. The fourth-order valence-corrected chi connectivity index (χ4v) is 2.65. The Hall–Kier alpha value is -2.62. The van der Waals surface area contributed by atoms with Gasteiger partial charge >= 0.3 is 6.09 Å². The molecule has 1 atom stereocenters. The molecule has 1 unspecified atom stereocenters. The monoisotopic (exact) mass is 281 g/mol. The minimum absolute atomic E-state index is 0.0522. The highest BCUT2D eigenvalue weighted by molar-refractivity contribution is 6.00. The summed E-state index contributed by atoms with van der Waals surface area (Å²) in [6.07, 6.45) is -0.198. The van der Waals surface area contributed by atoms with E-state index in [1.807, 2.05) is 60.7 Å². The number of alkyl carbamates (subject to hydrolysis) is 1. The van der Waals surface area contributed by atoms with Crippen LogP contribution in [0.4, 0.5) is 4.79 Å². The van der Waals surface area contributed by atoms with Gasteiger partial charge in [-0.25, -0.2) is 4.79 Å². The van der Waals surface area contributed by atoms with Crippen molar-refractivity contribution in [3.63, 3.8) is 0 Å². The van der Waals surface area contributed by atoms with Crippen LogP contribution in [0, 0.1) is 0 Å². The molecule has 0 bridgehead atoms. The van der Waals surface area contributed by atoms with E-state index in [2.05, 4.69) is 5.32 Å². The molecule has 4 nitrogen and oxygen atoms in total. The quantitative estimate of drug-likeness (QED) is 0.940. The Morgan fingerprint density at radius 2 is 1.57 bits per heavy atom. The largest absolute Gasteiger partial charge is 0.448 e. The Labute approximate surface area is 122 Å². The molecule has 2 aromatic rings. The van der Waals surface area contributed by atoms with Gasteiger partial charge in [-0.15, -0.1) is 0 Å². The number of hydrogen-bond donors (Lipinski definition) is 1. The van der Waals surface area contributed by atoms with E-state index in [4.69, 9.17) is 4.74 Å². The lowest BCUT2D eigenvalue weighted by molar-refractivity contribution is -0.130. The fourth-order valence-electron chi connectivity index (χ4n) is 2.65. The van der Waals surface area contributed by atoms with Gasteiger partial charge in [0.05, 0.1) is 0 Å². The Bertz CT molecular complexity index is 654. The smallest absolute Gasteiger partial charge is 0.413 e. The molecule has 4 heteroatoms. The molecular weight excluding hydrogens is 266 g/mol. The van der Waals surface area contributed by atoms with Crippen molar-refractivity contribution < 1.29 is 14.3 Å². The fraction of sp³-hybridized carbons (Fsp3) is 0.176. The summed E-state index contributed by atoms with van der Waals surface area (Å²) in [7, 11) is 0. The van der Waals surface area contributed by atoms with Gasteiger partial charge in [0.2, 0.25) is 5.91 Å². The molecule has 1 aliphatic heterocycles. The van der Waals surface area contributed by atoms with E-state index in [0.29, 0.717) is 6.42 Å². The van der Waals surface area contributed by atoms with E-state index in [1.165, 1.54) is 0 Å². The first-order chi connectivity index (χ1) is 10.2. The summed E-state index contributed by atoms with van der Waals surface area (Å²) in [6, 6.07) is 19.2.